The third-order valence-electron chi connectivity index (χ3n) is 3.17. The topological polar surface area (TPSA) is 45.2 Å². The number of nitrogens with one attached hydrogen (secondary N) is 1. The van der Waals surface area contributed by atoms with Crippen molar-refractivity contribution >= 4 is 38.9 Å². The second-order valence-corrected chi connectivity index (χ2v) is 6.31. The lowest BCUT2D eigenvalue weighted by molar-refractivity contribution is 0.0767. The van der Waals surface area contributed by atoms with E-state index in [1.54, 1.807) is 22.4 Å². The number of anilines is 1. The fourth-order valence-electron chi connectivity index (χ4n) is 1.96. The quantitative estimate of drug-likeness (QED) is 0.838. The molecule has 0 spiro atoms. The van der Waals surface area contributed by atoms with E-state index in [1.165, 1.54) is 4.88 Å². The number of rotatable bonds is 6. The Bertz CT molecular complexity index is 610. The van der Waals surface area contributed by atoms with Crippen LogP contribution in [0.1, 0.15) is 29.2 Å². The zero-order valence-corrected chi connectivity index (χ0v) is 14.5. The van der Waals surface area contributed by atoms with Crippen LogP contribution in [-0.2, 0) is 6.54 Å². The van der Waals surface area contributed by atoms with Gasteiger partial charge in [-0.1, -0.05) is 0 Å². The van der Waals surface area contributed by atoms with Crippen molar-refractivity contribution in [2.45, 2.75) is 20.4 Å². The first-order valence-electron chi connectivity index (χ1n) is 6.86. The summed E-state index contributed by atoms with van der Waals surface area (Å²) >= 11 is 5.20. The summed E-state index contributed by atoms with van der Waals surface area (Å²) in [7, 11) is 0. The molecule has 21 heavy (non-hydrogen) atoms. The molecule has 0 aromatic carbocycles. The highest BCUT2D eigenvalue weighted by Gasteiger charge is 2.14. The van der Waals surface area contributed by atoms with Crippen molar-refractivity contribution in [3.05, 3.63) is 44.8 Å². The lowest BCUT2D eigenvalue weighted by Crippen LogP contribution is -2.31. The average molecular weight is 368 g/mol. The molecular weight excluding hydrogens is 350 g/mol. The fraction of sp³-hybridized carbons (Fsp3) is 0.333. The van der Waals surface area contributed by atoms with E-state index >= 15 is 0 Å². The number of hydrogen-bond donors (Lipinski definition) is 1. The van der Waals surface area contributed by atoms with Gasteiger partial charge < -0.3 is 10.2 Å². The molecule has 1 amide bonds. The van der Waals surface area contributed by atoms with Crippen molar-refractivity contribution < 1.29 is 4.79 Å². The van der Waals surface area contributed by atoms with Crippen LogP contribution in [0.4, 0.5) is 5.69 Å². The number of pyridine rings is 1. The Balaban J connectivity index is 2.07. The lowest BCUT2D eigenvalue weighted by Gasteiger charge is -2.18. The number of carbonyl (C=O) groups is 1. The third-order valence-corrected chi connectivity index (χ3v) is 5.10. The van der Waals surface area contributed by atoms with E-state index in [2.05, 4.69) is 26.2 Å². The van der Waals surface area contributed by atoms with Crippen molar-refractivity contribution in [3.8, 4) is 0 Å². The van der Waals surface area contributed by atoms with Gasteiger partial charge in [0.25, 0.3) is 5.91 Å². The van der Waals surface area contributed by atoms with E-state index in [4.69, 9.17) is 0 Å². The molecule has 0 radical (unpaired) electrons. The van der Waals surface area contributed by atoms with Gasteiger partial charge in [-0.25, -0.2) is 0 Å². The zero-order chi connectivity index (χ0) is 15.2. The van der Waals surface area contributed by atoms with Gasteiger partial charge in [0.05, 0.1) is 6.54 Å². The predicted octanol–water partition coefficient (Wildman–Crippen LogP) is 4.00. The van der Waals surface area contributed by atoms with Gasteiger partial charge in [0, 0.05) is 34.3 Å². The highest BCUT2D eigenvalue weighted by atomic mass is 79.9. The second kappa shape index (κ2) is 7.56. The van der Waals surface area contributed by atoms with Crippen molar-refractivity contribution in [1.29, 1.82) is 0 Å². The minimum absolute atomic E-state index is 0.0269. The van der Waals surface area contributed by atoms with Gasteiger partial charge in [0.1, 0.15) is 5.69 Å². The van der Waals surface area contributed by atoms with Gasteiger partial charge >= 0.3 is 0 Å². The van der Waals surface area contributed by atoms with Crippen molar-refractivity contribution in [2.75, 3.05) is 18.4 Å². The zero-order valence-electron chi connectivity index (χ0n) is 12.1. The summed E-state index contributed by atoms with van der Waals surface area (Å²) in [6, 6.07) is 5.71. The SMILES string of the molecule is CCN(CC)C(=O)c1cc(NCc2sccc2Br)ccn1. The lowest BCUT2D eigenvalue weighted by atomic mass is 10.2. The summed E-state index contributed by atoms with van der Waals surface area (Å²) in [5.74, 6) is -0.0269. The monoisotopic (exact) mass is 367 g/mol. The summed E-state index contributed by atoms with van der Waals surface area (Å²) in [6.07, 6.45) is 1.67. The predicted molar refractivity (Wildman–Crippen MR) is 90.8 cm³/mol. The Labute approximate surface area is 137 Å². The standard InChI is InChI=1S/C15H18BrN3OS/c1-3-19(4-2)15(20)13-9-11(5-7-17-13)18-10-14-12(16)6-8-21-14/h5-9H,3-4,10H2,1-2H3,(H,17,18). The van der Waals surface area contributed by atoms with Crippen LogP contribution in [0.2, 0.25) is 0 Å². The molecule has 2 rings (SSSR count). The maximum Gasteiger partial charge on any atom is 0.272 e. The Hall–Kier alpha value is -1.40. The normalized spacial score (nSPS) is 10.4. The summed E-state index contributed by atoms with van der Waals surface area (Å²) < 4.78 is 1.11. The van der Waals surface area contributed by atoms with E-state index < -0.39 is 0 Å². The molecule has 2 heterocycles. The first-order chi connectivity index (χ1) is 10.2. The number of thiophene rings is 1. The molecule has 0 fully saturated rings. The van der Waals surface area contributed by atoms with Crippen LogP contribution in [0.25, 0.3) is 0 Å². The summed E-state index contributed by atoms with van der Waals surface area (Å²) in [6.45, 7) is 6.05. The number of halogens is 1. The van der Waals surface area contributed by atoms with Crippen molar-refractivity contribution in [1.82, 2.24) is 9.88 Å². The average Bonchev–Trinajstić information content (AvgIpc) is 2.92. The first-order valence-corrected chi connectivity index (χ1v) is 8.54. The summed E-state index contributed by atoms with van der Waals surface area (Å²) in [5, 5.41) is 5.37. The molecule has 2 aromatic heterocycles. The molecule has 0 bridgehead atoms. The third kappa shape index (κ3) is 4.04. The van der Waals surface area contributed by atoms with Crippen LogP contribution >= 0.6 is 27.3 Å². The van der Waals surface area contributed by atoms with E-state index in [0.29, 0.717) is 18.8 Å². The van der Waals surface area contributed by atoms with Gasteiger partial charge in [-0.2, -0.15) is 0 Å². The molecule has 6 heteroatoms. The van der Waals surface area contributed by atoms with Crippen LogP contribution < -0.4 is 5.32 Å². The molecule has 0 aliphatic carbocycles. The first kappa shape index (κ1) is 16.0. The van der Waals surface area contributed by atoms with Crippen LogP contribution in [0, 0.1) is 0 Å². The number of carbonyl (C=O) groups excluding carboxylic acids is 1. The molecule has 0 aliphatic heterocycles. The van der Waals surface area contributed by atoms with Gasteiger partial charge in [0.2, 0.25) is 0 Å². The number of aromatic nitrogens is 1. The number of nitrogens with zero attached hydrogens (tertiary/aromatic N) is 2. The smallest absolute Gasteiger partial charge is 0.272 e. The van der Waals surface area contributed by atoms with Crippen LogP contribution in [0.5, 0.6) is 0 Å². The van der Waals surface area contributed by atoms with Gasteiger partial charge in [-0.05, 0) is 53.4 Å². The van der Waals surface area contributed by atoms with Gasteiger partial charge in [-0.15, -0.1) is 11.3 Å². The molecule has 112 valence electrons. The molecule has 0 aliphatic rings. The summed E-state index contributed by atoms with van der Waals surface area (Å²) in [4.78, 5) is 19.4. The van der Waals surface area contributed by atoms with Gasteiger partial charge in [-0.3, -0.25) is 9.78 Å². The second-order valence-electron chi connectivity index (χ2n) is 4.45. The molecule has 1 N–H and O–H groups in total. The van der Waals surface area contributed by atoms with Crippen LogP contribution in [0.3, 0.4) is 0 Å². The molecule has 0 saturated carbocycles. The Morgan fingerprint density at radius 3 is 2.76 bits per heavy atom. The Morgan fingerprint density at radius 2 is 2.14 bits per heavy atom. The maximum absolute atomic E-state index is 12.3. The molecule has 4 nitrogen and oxygen atoms in total. The molecular formula is C15H18BrN3OS. The molecule has 0 unspecified atom stereocenters. The highest BCUT2D eigenvalue weighted by Crippen LogP contribution is 2.23. The van der Waals surface area contributed by atoms with E-state index in [0.717, 1.165) is 16.7 Å². The number of amides is 1. The fourth-order valence-corrected chi connectivity index (χ4v) is 3.40. The molecule has 2 aromatic rings. The van der Waals surface area contributed by atoms with E-state index in [-0.39, 0.29) is 5.91 Å². The van der Waals surface area contributed by atoms with E-state index in [1.807, 2.05) is 37.4 Å². The van der Waals surface area contributed by atoms with Crippen molar-refractivity contribution in [3.63, 3.8) is 0 Å². The van der Waals surface area contributed by atoms with Gasteiger partial charge in [0.15, 0.2) is 0 Å². The highest BCUT2D eigenvalue weighted by molar-refractivity contribution is 9.10. The van der Waals surface area contributed by atoms with Crippen molar-refractivity contribution in [2.24, 2.45) is 0 Å². The van der Waals surface area contributed by atoms with Crippen LogP contribution in [0.15, 0.2) is 34.2 Å². The molecule has 0 atom stereocenters. The minimum Gasteiger partial charge on any atom is -0.380 e. The Kier molecular flexibility index (Phi) is 5.76. The number of hydrogen-bond acceptors (Lipinski definition) is 4. The molecule has 0 saturated heterocycles. The Morgan fingerprint density at radius 1 is 1.38 bits per heavy atom. The van der Waals surface area contributed by atoms with Crippen LogP contribution in [-0.4, -0.2) is 28.9 Å². The largest absolute Gasteiger partial charge is 0.380 e. The maximum atomic E-state index is 12.3. The summed E-state index contributed by atoms with van der Waals surface area (Å²) in [5.41, 5.74) is 1.38. The minimum atomic E-state index is -0.0269. The van der Waals surface area contributed by atoms with E-state index in [9.17, 15) is 4.79 Å².